The fraction of sp³-hybridized carbons (Fsp3) is 0.556. The number of amides is 2. The van der Waals surface area contributed by atoms with E-state index in [4.69, 9.17) is 4.74 Å². The Morgan fingerprint density at radius 1 is 1.12 bits per heavy atom. The van der Waals surface area contributed by atoms with Crippen molar-refractivity contribution in [1.82, 2.24) is 5.32 Å². The third-order valence-electron chi connectivity index (χ3n) is 4.54. The van der Waals surface area contributed by atoms with Gasteiger partial charge in [-0.25, -0.2) is 8.42 Å². The van der Waals surface area contributed by atoms with E-state index in [-0.39, 0.29) is 47.3 Å². The van der Waals surface area contributed by atoms with Gasteiger partial charge in [-0.1, -0.05) is 0 Å². The zero-order valence-corrected chi connectivity index (χ0v) is 15.7. The first kappa shape index (κ1) is 18.7. The van der Waals surface area contributed by atoms with E-state index >= 15 is 0 Å². The van der Waals surface area contributed by atoms with Crippen molar-refractivity contribution in [2.75, 3.05) is 16.8 Å². The van der Waals surface area contributed by atoms with Crippen molar-refractivity contribution in [3.8, 4) is 5.75 Å². The maximum atomic E-state index is 12.3. The molecule has 1 saturated heterocycles. The molecule has 0 radical (unpaired) electrons. The molecular formula is C18H24N2O5S. The molecule has 1 aromatic carbocycles. The van der Waals surface area contributed by atoms with Crippen LogP contribution < -0.4 is 15.4 Å². The number of carbonyl (C=O) groups is 2. The molecule has 3 rings (SSSR count). The van der Waals surface area contributed by atoms with Crippen LogP contribution in [-0.4, -0.2) is 43.9 Å². The van der Waals surface area contributed by atoms with Gasteiger partial charge in [-0.2, -0.15) is 0 Å². The zero-order valence-electron chi connectivity index (χ0n) is 14.9. The van der Waals surface area contributed by atoms with Crippen molar-refractivity contribution in [1.29, 1.82) is 0 Å². The molecule has 1 aliphatic carbocycles. The van der Waals surface area contributed by atoms with Gasteiger partial charge in [0.25, 0.3) is 0 Å². The average Bonchev–Trinajstić information content (AvgIpc) is 3.28. The molecule has 0 aromatic heterocycles. The van der Waals surface area contributed by atoms with Gasteiger partial charge in [0.05, 0.1) is 29.4 Å². The summed E-state index contributed by atoms with van der Waals surface area (Å²) < 4.78 is 28.4. The molecule has 1 aromatic rings. The number of nitrogens with one attached hydrogen (secondary N) is 2. The number of anilines is 1. The van der Waals surface area contributed by atoms with Crippen LogP contribution in [0.1, 0.15) is 26.7 Å². The Morgan fingerprint density at radius 3 is 2.35 bits per heavy atom. The van der Waals surface area contributed by atoms with Crippen LogP contribution in [-0.2, 0) is 19.4 Å². The quantitative estimate of drug-likeness (QED) is 0.776. The van der Waals surface area contributed by atoms with Crippen LogP contribution in [0.3, 0.4) is 0 Å². The molecule has 2 N–H and O–H groups in total. The van der Waals surface area contributed by atoms with Crippen molar-refractivity contribution in [2.45, 2.75) is 38.8 Å². The topological polar surface area (TPSA) is 102 Å². The molecular weight excluding hydrogens is 356 g/mol. The van der Waals surface area contributed by atoms with E-state index < -0.39 is 9.84 Å². The standard InChI is InChI=1S/C18H24N2O5S/c1-11(2)25-14-5-3-12(4-6-14)19-17(21)15-9-16(15)18(22)20-13-7-8-26(23,24)10-13/h3-6,11,13,15-16H,7-10H2,1-2H3,(H,19,21)(H,20,22). The number of benzene rings is 1. The van der Waals surface area contributed by atoms with Crippen molar-refractivity contribution in [3.63, 3.8) is 0 Å². The Labute approximate surface area is 153 Å². The van der Waals surface area contributed by atoms with Crippen LogP contribution in [0.5, 0.6) is 5.75 Å². The fourth-order valence-electron chi connectivity index (χ4n) is 3.12. The van der Waals surface area contributed by atoms with E-state index in [1.54, 1.807) is 24.3 Å². The van der Waals surface area contributed by atoms with Crippen LogP contribution in [0.25, 0.3) is 0 Å². The molecule has 2 fully saturated rings. The molecule has 1 heterocycles. The van der Waals surface area contributed by atoms with Crippen molar-refractivity contribution in [3.05, 3.63) is 24.3 Å². The summed E-state index contributed by atoms with van der Waals surface area (Å²) in [5, 5.41) is 5.56. The molecule has 8 heteroatoms. The first-order chi connectivity index (χ1) is 12.2. The molecule has 1 saturated carbocycles. The molecule has 2 aliphatic rings. The Morgan fingerprint density at radius 2 is 1.77 bits per heavy atom. The van der Waals surface area contributed by atoms with Gasteiger partial charge in [0.2, 0.25) is 11.8 Å². The number of sulfone groups is 1. The molecule has 1 aliphatic heterocycles. The lowest BCUT2D eigenvalue weighted by molar-refractivity contribution is -0.125. The summed E-state index contributed by atoms with van der Waals surface area (Å²) in [4.78, 5) is 24.5. The predicted molar refractivity (Wildman–Crippen MR) is 97.6 cm³/mol. The summed E-state index contributed by atoms with van der Waals surface area (Å²) in [6, 6.07) is 6.76. The summed E-state index contributed by atoms with van der Waals surface area (Å²) >= 11 is 0. The Kier molecular flexibility index (Phi) is 5.22. The SMILES string of the molecule is CC(C)Oc1ccc(NC(=O)C2CC2C(=O)NC2CCS(=O)(=O)C2)cc1. The second-order valence-electron chi connectivity index (χ2n) is 7.24. The van der Waals surface area contributed by atoms with E-state index in [2.05, 4.69) is 10.6 Å². The van der Waals surface area contributed by atoms with E-state index in [0.29, 0.717) is 18.5 Å². The fourth-order valence-corrected chi connectivity index (χ4v) is 4.79. The Balaban J connectivity index is 1.47. The van der Waals surface area contributed by atoms with E-state index in [0.717, 1.165) is 5.75 Å². The van der Waals surface area contributed by atoms with Gasteiger partial charge in [-0.15, -0.1) is 0 Å². The molecule has 0 spiro atoms. The highest BCUT2D eigenvalue weighted by Gasteiger charge is 2.48. The highest BCUT2D eigenvalue weighted by molar-refractivity contribution is 7.91. The van der Waals surface area contributed by atoms with Gasteiger partial charge in [0, 0.05) is 11.7 Å². The summed E-state index contributed by atoms with van der Waals surface area (Å²) in [6.45, 7) is 3.88. The van der Waals surface area contributed by atoms with Crippen LogP contribution in [0.4, 0.5) is 5.69 Å². The lowest BCUT2D eigenvalue weighted by Gasteiger charge is -2.11. The van der Waals surface area contributed by atoms with Gasteiger partial charge < -0.3 is 15.4 Å². The van der Waals surface area contributed by atoms with Crippen LogP contribution >= 0.6 is 0 Å². The largest absolute Gasteiger partial charge is 0.491 e. The smallest absolute Gasteiger partial charge is 0.228 e. The van der Waals surface area contributed by atoms with E-state index in [1.807, 2.05) is 13.8 Å². The van der Waals surface area contributed by atoms with Crippen molar-refractivity contribution in [2.24, 2.45) is 11.8 Å². The average molecular weight is 380 g/mol. The third kappa shape index (κ3) is 4.75. The summed E-state index contributed by atoms with van der Waals surface area (Å²) in [5.74, 6) is -0.319. The minimum Gasteiger partial charge on any atom is -0.491 e. The van der Waals surface area contributed by atoms with Gasteiger partial charge in [0.1, 0.15) is 5.75 Å². The van der Waals surface area contributed by atoms with Crippen LogP contribution in [0, 0.1) is 11.8 Å². The second kappa shape index (κ2) is 7.26. The van der Waals surface area contributed by atoms with Crippen LogP contribution in [0.2, 0.25) is 0 Å². The molecule has 26 heavy (non-hydrogen) atoms. The van der Waals surface area contributed by atoms with Crippen molar-refractivity contribution >= 4 is 27.3 Å². The van der Waals surface area contributed by atoms with E-state index in [9.17, 15) is 18.0 Å². The second-order valence-corrected chi connectivity index (χ2v) is 9.47. The van der Waals surface area contributed by atoms with Gasteiger partial charge in [-0.05, 0) is 51.0 Å². The number of hydrogen-bond acceptors (Lipinski definition) is 5. The maximum absolute atomic E-state index is 12.3. The maximum Gasteiger partial charge on any atom is 0.228 e. The molecule has 142 valence electrons. The lowest BCUT2D eigenvalue weighted by atomic mass is 10.2. The van der Waals surface area contributed by atoms with E-state index in [1.165, 1.54) is 0 Å². The normalized spacial score (nSPS) is 26.3. The number of carbonyl (C=O) groups excluding carboxylic acids is 2. The van der Waals surface area contributed by atoms with Gasteiger partial charge in [-0.3, -0.25) is 9.59 Å². The first-order valence-electron chi connectivity index (χ1n) is 8.82. The Hall–Kier alpha value is -2.09. The summed E-state index contributed by atoms with van der Waals surface area (Å²) in [5.41, 5.74) is 0.652. The highest BCUT2D eigenvalue weighted by Crippen LogP contribution is 2.39. The Bertz CT molecular complexity index is 788. The highest BCUT2D eigenvalue weighted by atomic mass is 32.2. The van der Waals surface area contributed by atoms with Gasteiger partial charge in [0.15, 0.2) is 9.84 Å². The van der Waals surface area contributed by atoms with Crippen LogP contribution in [0.15, 0.2) is 24.3 Å². The molecule has 7 nitrogen and oxygen atoms in total. The number of ether oxygens (including phenoxy) is 1. The third-order valence-corrected chi connectivity index (χ3v) is 6.30. The number of hydrogen-bond donors (Lipinski definition) is 2. The monoisotopic (exact) mass is 380 g/mol. The molecule has 3 atom stereocenters. The summed E-state index contributed by atoms with van der Waals surface area (Å²) in [6.07, 6.45) is 1.02. The first-order valence-corrected chi connectivity index (χ1v) is 10.6. The molecule has 0 bridgehead atoms. The number of rotatable bonds is 6. The summed E-state index contributed by atoms with van der Waals surface area (Å²) in [7, 11) is -3.03. The van der Waals surface area contributed by atoms with Gasteiger partial charge >= 0.3 is 0 Å². The minimum atomic E-state index is -3.03. The lowest BCUT2D eigenvalue weighted by Crippen LogP contribution is -2.37. The molecule has 2 amide bonds. The predicted octanol–water partition coefficient (Wildman–Crippen LogP) is 1.35. The zero-order chi connectivity index (χ0) is 18.9. The molecule has 3 unspecified atom stereocenters. The van der Waals surface area contributed by atoms with Crippen molar-refractivity contribution < 1.29 is 22.7 Å². The minimum absolute atomic E-state index is 0.00683.